The van der Waals surface area contributed by atoms with E-state index in [1.807, 2.05) is 0 Å². The number of fused-ring (bicyclic) bond motifs is 2. The van der Waals surface area contributed by atoms with Gasteiger partial charge in [-0.05, 0) is 12.8 Å². The molecule has 11 nitrogen and oxygen atoms in total. The van der Waals surface area contributed by atoms with Crippen molar-refractivity contribution in [1.82, 2.24) is 15.4 Å². The lowest BCUT2D eigenvalue weighted by molar-refractivity contribution is -0.154. The zero-order valence-electron chi connectivity index (χ0n) is 11.4. The first-order valence-electron chi connectivity index (χ1n) is 6.67. The number of amides is 2. The van der Waals surface area contributed by atoms with Gasteiger partial charge < -0.3 is 9.64 Å². The number of nitrogens with zero attached hydrogens (tertiary/aromatic N) is 2. The maximum Gasteiger partial charge on any atom is 0.418 e. The molecule has 3 heterocycles. The van der Waals surface area contributed by atoms with Gasteiger partial charge in [0, 0.05) is 6.54 Å². The van der Waals surface area contributed by atoms with Crippen LogP contribution in [0.1, 0.15) is 12.8 Å². The average Bonchev–Trinajstić information content (AvgIpc) is 3.01. The molecular formula is C10H15N3O8S. The number of ether oxygens (including phenoxy) is 1. The average molecular weight is 337 g/mol. The summed E-state index contributed by atoms with van der Waals surface area (Å²) < 4.78 is 39.8. The summed E-state index contributed by atoms with van der Waals surface area (Å²) in [5.41, 5.74) is 2.58. The summed E-state index contributed by atoms with van der Waals surface area (Å²) in [6.07, 6.45) is 0.256. The molecule has 2 N–H and O–H groups in total. The Kier molecular flexibility index (Phi) is 3.94. The number of hydrogen-bond acceptors (Lipinski definition) is 8. The van der Waals surface area contributed by atoms with Gasteiger partial charge in [0.25, 0.3) is 0 Å². The lowest BCUT2D eigenvalue weighted by Gasteiger charge is -2.29. The van der Waals surface area contributed by atoms with E-state index in [1.165, 1.54) is 4.90 Å². The molecule has 3 atom stereocenters. The molecule has 3 rings (SSSR count). The van der Waals surface area contributed by atoms with Crippen molar-refractivity contribution in [1.29, 1.82) is 0 Å². The molecule has 3 saturated heterocycles. The van der Waals surface area contributed by atoms with Gasteiger partial charge in [-0.15, -0.1) is 4.28 Å². The summed E-state index contributed by atoms with van der Waals surface area (Å²) in [4.78, 5) is 30.3. The first-order chi connectivity index (χ1) is 10.3. The van der Waals surface area contributed by atoms with Crippen LogP contribution in [0.3, 0.4) is 0 Å². The highest BCUT2D eigenvalue weighted by molar-refractivity contribution is 7.80. The molecule has 3 aliphatic heterocycles. The summed E-state index contributed by atoms with van der Waals surface area (Å²) in [6, 6.07) is -2.13. The zero-order valence-corrected chi connectivity index (χ0v) is 12.2. The maximum atomic E-state index is 12.2. The number of esters is 1. The number of piperidine rings is 1. The number of hydrogen-bond donors (Lipinski definition) is 2. The fourth-order valence-corrected chi connectivity index (χ4v) is 3.15. The standard InChI is InChI=1S/C10H15N3O8S/c14-9(20-7-3-11-19-5-7)8-2-1-6-4-12(8)10(15)13(6)21-22(16,17)18/h6-8,11H,1-5H2,(H,16,17,18)/t6-,7+,8+/m1/s1. The third-order valence-electron chi connectivity index (χ3n) is 3.73. The predicted octanol–water partition coefficient (Wildman–Crippen LogP) is -1.56. The minimum absolute atomic E-state index is 0.132. The van der Waals surface area contributed by atoms with E-state index < -0.39 is 40.6 Å². The quantitative estimate of drug-likeness (QED) is 0.461. The number of carbonyl (C=O) groups excluding carboxylic acids is 2. The highest BCUT2D eigenvalue weighted by atomic mass is 32.3. The molecule has 3 aliphatic rings. The van der Waals surface area contributed by atoms with Gasteiger partial charge in [-0.1, -0.05) is 0 Å². The van der Waals surface area contributed by atoms with Gasteiger partial charge in [-0.2, -0.15) is 19.0 Å². The van der Waals surface area contributed by atoms with E-state index in [1.54, 1.807) is 0 Å². The van der Waals surface area contributed by atoms with Crippen LogP contribution < -0.4 is 5.48 Å². The summed E-state index contributed by atoms with van der Waals surface area (Å²) in [5.74, 6) is -0.571. The van der Waals surface area contributed by atoms with E-state index >= 15 is 0 Å². The van der Waals surface area contributed by atoms with Gasteiger partial charge >= 0.3 is 22.4 Å². The van der Waals surface area contributed by atoms with Crippen LogP contribution in [-0.2, 0) is 29.1 Å². The Morgan fingerprint density at radius 2 is 2.18 bits per heavy atom. The first kappa shape index (κ1) is 15.4. The van der Waals surface area contributed by atoms with Gasteiger partial charge in [0.05, 0.1) is 12.6 Å². The Hall–Kier alpha value is -1.47. The molecule has 22 heavy (non-hydrogen) atoms. The van der Waals surface area contributed by atoms with Crippen molar-refractivity contribution in [2.45, 2.75) is 31.0 Å². The van der Waals surface area contributed by atoms with Crippen molar-refractivity contribution >= 4 is 22.4 Å². The van der Waals surface area contributed by atoms with Crippen molar-refractivity contribution in [3.05, 3.63) is 0 Å². The lowest BCUT2D eigenvalue weighted by Crippen LogP contribution is -2.47. The molecule has 0 radical (unpaired) electrons. The smallest absolute Gasteiger partial charge is 0.418 e. The van der Waals surface area contributed by atoms with Crippen LogP contribution in [0.4, 0.5) is 4.79 Å². The summed E-state index contributed by atoms with van der Waals surface area (Å²) >= 11 is 0. The van der Waals surface area contributed by atoms with E-state index in [-0.39, 0.29) is 13.2 Å². The summed E-state index contributed by atoms with van der Waals surface area (Å²) in [7, 11) is -4.80. The minimum atomic E-state index is -4.80. The van der Waals surface area contributed by atoms with Crippen molar-refractivity contribution < 1.29 is 36.4 Å². The van der Waals surface area contributed by atoms with E-state index in [9.17, 15) is 18.0 Å². The van der Waals surface area contributed by atoms with E-state index in [0.717, 1.165) is 0 Å². The number of rotatable bonds is 4. The topological polar surface area (TPSA) is 135 Å². The highest BCUT2D eigenvalue weighted by Gasteiger charge is 2.50. The lowest BCUT2D eigenvalue weighted by atomic mass is 10.0. The van der Waals surface area contributed by atoms with E-state index in [0.29, 0.717) is 24.4 Å². The molecule has 0 unspecified atom stereocenters. The Bertz CT molecular complexity index is 575. The monoisotopic (exact) mass is 337 g/mol. The third kappa shape index (κ3) is 3.01. The van der Waals surface area contributed by atoms with E-state index in [2.05, 4.69) is 9.76 Å². The second kappa shape index (κ2) is 5.62. The molecule has 0 aromatic carbocycles. The Labute approximate surface area is 125 Å². The van der Waals surface area contributed by atoms with Crippen molar-refractivity contribution in [3.8, 4) is 0 Å². The van der Waals surface area contributed by atoms with Crippen molar-refractivity contribution in [3.63, 3.8) is 0 Å². The number of urea groups is 1. The number of nitrogens with one attached hydrogen (secondary N) is 1. The van der Waals surface area contributed by atoms with Crippen LogP contribution in [0.2, 0.25) is 0 Å². The Morgan fingerprint density at radius 3 is 2.82 bits per heavy atom. The molecule has 0 aromatic heterocycles. The van der Waals surface area contributed by atoms with Crippen LogP contribution >= 0.6 is 0 Å². The molecule has 0 aromatic rings. The molecule has 0 aliphatic carbocycles. The SMILES string of the molecule is O=C(O[C@H]1CNOC1)[C@@H]1CC[C@@H]2CN1C(=O)N2OS(=O)(=O)O. The van der Waals surface area contributed by atoms with Crippen LogP contribution in [0, 0.1) is 0 Å². The fourth-order valence-electron chi connectivity index (χ4n) is 2.76. The van der Waals surface area contributed by atoms with Crippen molar-refractivity contribution in [2.24, 2.45) is 0 Å². The number of carbonyl (C=O) groups is 2. The molecule has 2 amide bonds. The molecule has 0 spiro atoms. The normalized spacial score (nSPS) is 31.7. The van der Waals surface area contributed by atoms with Crippen LogP contribution in [-0.4, -0.2) is 72.8 Å². The van der Waals surface area contributed by atoms with Crippen LogP contribution in [0.15, 0.2) is 0 Å². The van der Waals surface area contributed by atoms with E-state index in [4.69, 9.17) is 14.1 Å². The second-order valence-electron chi connectivity index (χ2n) is 5.23. The third-order valence-corrected chi connectivity index (χ3v) is 4.08. The van der Waals surface area contributed by atoms with Gasteiger partial charge in [-0.25, -0.2) is 9.59 Å². The van der Waals surface area contributed by atoms with Gasteiger partial charge in [0.1, 0.15) is 18.8 Å². The largest absolute Gasteiger partial charge is 0.457 e. The summed E-state index contributed by atoms with van der Waals surface area (Å²) in [6.45, 7) is 0.730. The second-order valence-corrected chi connectivity index (χ2v) is 6.23. The first-order valence-corrected chi connectivity index (χ1v) is 8.03. The zero-order chi connectivity index (χ0) is 15.9. The van der Waals surface area contributed by atoms with Gasteiger partial charge in [0.15, 0.2) is 0 Å². The Morgan fingerprint density at radius 1 is 1.41 bits per heavy atom. The van der Waals surface area contributed by atoms with Crippen molar-refractivity contribution in [2.75, 3.05) is 19.7 Å². The molecule has 12 heteroatoms. The van der Waals surface area contributed by atoms with Crippen LogP contribution in [0.5, 0.6) is 0 Å². The molecule has 2 bridgehead atoms. The van der Waals surface area contributed by atoms with Gasteiger partial charge in [0.2, 0.25) is 0 Å². The minimum Gasteiger partial charge on any atom is -0.457 e. The molecule has 0 saturated carbocycles. The number of hydroxylamine groups is 3. The molecular weight excluding hydrogens is 322 g/mol. The van der Waals surface area contributed by atoms with Gasteiger partial charge in [-0.3, -0.25) is 9.39 Å². The highest BCUT2D eigenvalue weighted by Crippen LogP contribution is 2.31. The fraction of sp³-hybridized carbons (Fsp3) is 0.800. The van der Waals surface area contributed by atoms with Crippen LogP contribution in [0.25, 0.3) is 0 Å². The molecule has 124 valence electrons. The predicted molar refractivity (Wildman–Crippen MR) is 67.2 cm³/mol. The summed E-state index contributed by atoms with van der Waals surface area (Å²) in [5, 5.41) is 0.586. The molecule has 3 fully saturated rings. The Balaban J connectivity index is 1.67. The maximum absolute atomic E-state index is 12.2.